The summed E-state index contributed by atoms with van der Waals surface area (Å²) in [6, 6.07) is 25.5. The molecule has 0 saturated heterocycles. The zero-order valence-electron chi connectivity index (χ0n) is 17.2. The highest BCUT2D eigenvalue weighted by Crippen LogP contribution is 2.34. The van der Waals surface area contributed by atoms with Crippen LogP contribution in [0.25, 0.3) is 33.5 Å². The lowest BCUT2D eigenvalue weighted by atomic mass is 9.98. The highest BCUT2D eigenvalue weighted by Gasteiger charge is 2.22. The maximum atomic E-state index is 12.8. The van der Waals surface area contributed by atoms with Crippen molar-refractivity contribution in [2.75, 3.05) is 20.3 Å². The molecule has 0 aliphatic rings. The van der Waals surface area contributed by atoms with Crippen molar-refractivity contribution in [1.29, 1.82) is 0 Å². The Bertz CT molecular complexity index is 1150. The van der Waals surface area contributed by atoms with Gasteiger partial charge >= 0.3 is 5.97 Å². The lowest BCUT2D eigenvalue weighted by Crippen LogP contribution is -2.10. The molecule has 1 heterocycles. The quantitative estimate of drug-likeness (QED) is 0.410. The molecule has 31 heavy (non-hydrogen) atoms. The molecule has 2 N–H and O–H groups in total. The minimum atomic E-state index is -0.469. The zero-order chi connectivity index (χ0) is 21.6. The Morgan fingerprint density at radius 2 is 1.45 bits per heavy atom. The SMILES string of the molecule is COc1ccc(-c2ccc(-c3[nH]cc(-c4ccccc4)c3C(=O)OCCO)cc2)cc1. The Hall–Kier alpha value is -3.83. The van der Waals surface area contributed by atoms with Gasteiger partial charge in [-0.05, 0) is 34.4 Å². The number of hydrogen-bond acceptors (Lipinski definition) is 4. The molecule has 4 aromatic rings. The van der Waals surface area contributed by atoms with Crippen molar-refractivity contribution < 1.29 is 19.4 Å². The number of hydrogen-bond donors (Lipinski definition) is 2. The van der Waals surface area contributed by atoms with E-state index in [1.54, 1.807) is 7.11 Å². The maximum absolute atomic E-state index is 12.8. The highest BCUT2D eigenvalue weighted by molar-refractivity contribution is 6.03. The third-order valence-electron chi connectivity index (χ3n) is 5.09. The van der Waals surface area contributed by atoms with Crippen LogP contribution >= 0.6 is 0 Å². The number of esters is 1. The van der Waals surface area contributed by atoms with E-state index in [1.165, 1.54) is 0 Å². The molecule has 0 unspecified atom stereocenters. The van der Waals surface area contributed by atoms with Gasteiger partial charge in [0.2, 0.25) is 0 Å². The summed E-state index contributed by atoms with van der Waals surface area (Å²) in [6.07, 6.45) is 1.82. The topological polar surface area (TPSA) is 71.6 Å². The molecule has 0 atom stereocenters. The Balaban J connectivity index is 1.71. The lowest BCUT2D eigenvalue weighted by Gasteiger charge is -2.09. The first kappa shape index (κ1) is 20.4. The largest absolute Gasteiger partial charge is 0.497 e. The molecular formula is C26H23NO4. The van der Waals surface area contributed by atoms with Gasteiger partial charge in [0.25, 0.3) is 0 Å². The smallest absolute Gasteiger partial charge is 0.341 e. The number of ether oxygens (including phenoxy) is 2. The summed E-state index contributed by atoms with van der Waals surface area (Å²) in [4.78, 5) is 16.1. The molecule has 0 aliphatic heterocycles. The van der Waals surface area contributed by atoms with E-state index in [2.05, 4.69) is 4.98 Å². The fourth-order valence-corrected chi connectivity index (χ4v) is 3.53. The number of aromatic nitrogens is 1. The van der Waals surface area contributed by atoms with Crippen LogP contribution in [0.2, 0.25) is 0 Å². The van der Waals surface area contributed by atoms with Crippen molar-refractivity contribution in [1.82, 2.24) is 4.98 Å². The molecule has 5 nitrogen and oxygen atoms in total. The predicted octanol–water partition coefficient (Wildman–Crippen LogP) is 5.17. The minimum Gasteiger partial charge on any atom is -0.497 e. The van der Waals surface area contributed by atoms with Crippen LogP contribution in [0.1, 0.15) is 10.4 Å². The van der Waals surface area contributed by atoms with Crippen molar-refractivity contribution in [3.63, 3.8) is 0 Å². The van der Waals surface area contributed by atoms with Crippen LogP contribution in [0.5, 0.6) is 5.75 Å². The number of aliphatic hydroxyl groups excluding tert-OH is 1. The summed E-state index contributed by atoms with van der Waals surface area (Å²) >= 11 is 0. The number of aromatic amines is 1. The van der Waals surface area contributed by atoms with E-state index in [-0.39, 0.29) is 13.2 Å². The van der Waals surface area contributed by atoms with Crippen molar-refractivity contribution in [3.8, 4) is 39.3 Å². The third kappa shape index (κ3) is 4.37. The van der Waals surface area contributed by atoms with E-state index in [1.807, 2.05) is 85.1 Å². The van der Waals surface area contributed by atoms with Gasteiger partial charge in [0.05, 0.1) is 25.0 Å². The fourth-order valence-electron chi connectivity index (χ4n) is 3.53. The number of aliphatic hydroxyl groups is 1. The van der Waals surface area contributed by atoms with E-state index in [9.17, 15) is 4.79 Å². The number of benzene rings is 3. The van der Waals surface area contributed by atoms with Crippen LogP contribution in [-0.2, 0) is 4.74 Å². The van der Waals surface area contributed by atoms with Crippen LogP contribution in [0.15, 0.2) is 85.1 Å². The molecule has 0 aliphatic carbocycles. The van der Waals surface area contributed by atoms with Crippen molar-refractivity contribution >= 4 is 5.97 Å². The average Bonchev–Trinajstić information content (AvgIpc) is 3.28. The Kier molecular flexibility index (Phi) is 6.15. The van der Waals surface area contributed by atoms with Crippen LogP contribution in [0.4, 0.5) is 0 Å². The van der Waals surface area contributed by atoms with E-state index in [4.69, 9.17) is 14.6 Å². The van der Waals surface area contributed by atoms with Crippen LogP contribution < -0.4 is 4.74 Å². The minimum absolute atomic E-state index is 0.0475. The first-order chi connectivity index (χ1) is 15.2. The van der Waals surface area contributed by atoms with E-state index >= 15 is 0 Å². The van der Waals surface area contributed by atoms with Crippen molar-refractivity contribution in [3.05, 3.63) is 90.6 Å². The fraction of sp³-hybridized carbons (Fsp3) is 0.115. The molecule has 0 bridgehead atoms. The van der Waals surface area contributed by atoms with Gasteiger partial charge in [-0.25, -0.2) is 4.79 Å². The molecular weight excluding hydrogens is 390 g/mol. The van der Waals surface area contributed by atoms with Gasteiger partial charge in [-0.15, -0.1) is 0 Å². The Morgan fingerprint density at radius 3 is 2.06 bits per heavy atom. The molecule has 0 saturated carbocycles. The van der Waals surface area contributed by atoms with E-state index < -0.39 is 5.97 Å². The monoisotopic (exact) mass is 413 g/mol. The molecule has 4 rings (SSSR count). The molecule has 0 radical (unpaired) electrons. The highest BCUT2D eigenvalue weighted by atomic mass is 16.5. The van der Waals surface area contributed by atoms with Gasteiger partial charge in [-0.1, -0.05) is 66.7 Å². The van der Waals surface area contributed by atoms with Gasteiger partial charge in [0, 0.05) is 11.8 Å². The first-order valence-corrected chi connectivity index (χ1v) is 10.0. The molecule has 1 aromatic heterocycles. The normalized spacial score (nSPS) is 10.6. The van der Waals surface area contributed by atoms with Crippen molar-refractivity contribution in [2.24, 2.45) is 0 Å². The van der Waals surface area contributed by atoms with Gasteiger partial charge in [-0.2, -0.15) is 0 Å². The summed E-state index contributed by atoms with van der Waals surface area (Å²) in [6.45, 7) is -0.267. The Labute approximate surface area is 180 Å². The molecule has 156 valence electrons. The van der Waals surface area contributed by atoms with Crippen LogP contribution in [-0.4, -0.2) is 36.4 Å². The summed E-state index contributed by atoms with van der Waals surface area (Å²) in [5.74, 6) is 0.342. The number of carbonyl (C=O) groups excluding carboxylic acids is 1. The predicted molar refractivity (Wildman–Crippen MR) is 121 cm³/mol. The summed E-state index contributed by atoms with van der Waals surface area (Å²) in [5, 5.41) is 9.06. The standard InChI is InChI=1S/C26H23NO4/c1-30-22-13-11-19(12-14-22)18-7-9-21(10-8-18)25-24(26(29)31-16-15-28)23(17-27-25)20-5-3-2-4-6-20/h2-14,17,27-28H,15-16H2,1H3. The molecule has 0 fully saturated rings. The van der Waals surface area contributed by atoms with E-state index in [0.29, 0.717) is 11.3 Å². The molecule has 0 amide bonds. The van der Waals surface area contributed by atoms with E-state index in [0.717, 1.165) is 33.6 Å². The van der Waals surface area contributed by atoms with Gasteiger partial charge < -0.3 is 19.6 Å². The summed E-state index contributed by atoms with van der Waals surface area (Å²) in [5.41, 5.74) is 5.82. The third-order valence-corrected chi connectivity index (χ3v) is 5.09. The molecule has 0 spiro atoms. The number of H-pyrrole nitrogens is 1. The summed E-state index contributed by atoms with van der Waals surface area (Å²) < 4.78 is 10.5. The first-order valence-electron chi connectivity index (χ1n) is 10.0. The Morgan fingerprint density at radius 1 is 0.839 bits per heavy atom. The van der Waals surface area contributed by atoms with Crippen LogP contribution in [0, 0.1) is 0 Å². The second kappa shape index (κ2) is 9.32. The number of methoxy groups -OCH3 is 1. The number of carbonyl (C=O) groups is 1. The maximum Gasteiger partial charge on any atom is 0.341 e. The zero-order valence-corrected chi connectivity index (χ0v) is 17.2. The second-order valence-electron chi connectivity index (χ2n) is 6.98. The average molecular weight is 413 g/mol. The molecule has 5 heteroatoms. The second-order valence-corrected chi connectivity index (χ2v) is 6.98. The summed E-state index contributed by atoms with van der Waals surface area (Å²) in [7, 11) is 1.65. The van der Waals surface area contributed by atoms with Gasteiger partial charge in [0.15, 0.2) is 0 Å². The lowest BCUT2D eigenvalue weighted by molar-refractivity contribution is 0.0435. The van der Waals surface area contributed by atoms with Gasteiger partial charge in [0.1, 0.15) is 12.4 Å². The van der Waals surface area contributed by atoms with Crippen molar-refractivity contribution in [2.45, 2.75) is 0 Å². The number of nitrogens with one attached hydrogen (secondary N) is 1. The molecule has 3 aromatic carbocycles. The van der Waals surface area contributed by atoms with Gasteiger partial charge in [-0.3, -0.25) is 0 Å². The van der Waals surface area contributed by atoms with Crippen LogP contribution in [0.3, 0.4) is 0 Å². The number of rotatable bonds is 7.